The van der Waals surface area contributed by atoms with Gasteiger partial charge in [-0.1, -0.05) is 337 Å². The van der Waals surface area contributed by atoms with Crippen LogP contribution in [0.3, 0.4) is 0 Å². The summed E-state index contributed by atoms with van der Waals surface area (Å²) in [6.07, 6.45) is 9.07. The Labute approximate surface area is 605 Å². The number of para-hydroxylation sites is 2. The fourth-order valence-electron chi connectivity index (χ4n) is 18.9. The highest BCUT2D eigenvalue weighted by molar-refractivity contribution is 6.26. The van der Waals surface area contributed by atoms with E-state index in [0.717, 1.165) is 35.3 Å². The second kappa shape index (κ2) is 22.9. The van der Waals surface area contributed by atoms with Gasteiger partial charge in [-0.05, 0) is 207 Å². The summed E-state index contributed by atoms with van der Waals surface area (Å²) in [6, 6.07) is 114. The van der Waals surface area contributed by atoms with Crippen molar-refractivity contribution in [3.8, 4) is 89.3 Å². The van der Waals surface area contributed by atoms with Crippen molar-refractivity contribution in [2.75, 3.05) is 0 Å². The van der Waals surface area contributed by atoms with Crippen molar-refractivity contribution in [1.29, 1.82) is 0 Å². The van der Waals surface area contributed by atoms with Crippen LogP contribution in [0.4, 0.5) is 0 Å². The highest BCUT2D eigenvalue weighted by atomic mass is 14.7. The molecule has 0 unspecified atom stereocenters. The Morgan fingerprint density at radius 2 is 0.663 bits per heavy atom. The number of benzene rings is 16. The Hall–Kier alpha value is -12.6. The largest absolute Gasteiger partial charge is 0.247 e. The van der Waals surface area contributed by atoms with Crippen LogP contribution in [0.2, 0.25) is 0 Å². The van der Waals surface area contributed by atoms with E-state index in [1.54, 1.807) is 0 Å². The zero-order valence-corrected chi connectivity index (χ0v) is 58.5. The fourth-order valence-corrected chi connectivity index (χ4v) is 18.9. The number of pyridine rings is 2. The van der Waals surface area contributed by atoms with E-state index in [0.29, 0.717) is 0 Å². The molecule has 0 aliphatic heterocycles. The van der Waals surface area contributed by atoms with Crippen LogP contribution in [0.25, 0.3) is 187 Å². The van der Waals surface area contributed by atoms with Crippen LogP contribution < -0.4 is 0 Å². The molecule has 0 bridgehead atoms. The molecule has 4 aliphatic rings. The number of hydrogen-bond acceptors (Lipinski definition) is 2. The maximum Gasteiger partial charge on any atom is 0.0759 e. The molecule has 0 spiro atoms. The van der Waals surface area contributed by atoms with E-state index in [1.807, 2.05) is 0 Å². The van der Waals surface area contributed by atoms with Crippen LogP contribution in [0.15, 0.2) is 322 Å². The Bertz CT molecular complexity index is 6780. The number of hydrogen-bond donors (Lipinski definition) is 0. The van der Waals surface area contributed by atoms with Crippen molar-refractivity contribution in [3.63, 3.8) is 0 Å². The number of aromatic nitrogens is 2. The average Bonchev–Trinajstić information content (AvgIpc) is 1.65. The maximum absolute atomic E-state index is 5.26. The van der Waals surface area contributed by atoms with Gasteiger partial charge in [0.15, 0.2) is 0 Å². The van der Waals surface area contributed by atoms with Crippen molar-refractivity contribution in [2.24, 2.45) is 0 Å². The molecular formula is C102H70N2. The second-order valence-corrected chi connectivity index (χ2v) is 30.0. The first-order chi connectivity index (χ1) is 51.1. The Morgan fingerprint density at radius 1 is 0.279 bits per heavy atom. The number of fused-ring (bicyclic) bond motifs is 16. The smallest absolute Gasteiger partial charge is 0.0759 e. The lowest BCUT2D eigenvalue weighted by atomic mass is 9.78. The summed E-state index contributed by atoms with van der Waals surface area (Å²) in [4.78, 5) is 10.5. The van der Waals surface area contributed by atoms with Gasteiger partial charge in [0, 0.05) is 32.7 Å². The Morgan fingerprint density at radius 3 is 1.18 bits per heavy atom. The zero-order chi connectivity index (χ0) is 69.1. The molecule has 0 fully saturated rings. The number of allylic oxidation sites excluding steroid dienone is 3. The molecular weight excluding hydrogens is 1250 g/mol. The summed E-state index contributed by atoms with van der Waals surface area (Å²) in [5.41, 5.74) is 32.7. The Kier molecular flexibility index (Phi) is 13.3. The zero-order valence-electron chi connectivity index (χ0n) is 58.5. The molecule has 0 saturated carbocycles. The molecule has 0 radical (unpaired) electrons. The van der Waals surface area contributed by atoms with Gasteiger partial charge in [-0.3, -0.25) is 0 Å². The average molecular weight is 1320 g/mol. The van der Waals surface area contributed by atoms with Gasteiger partial charge in [0.25, 0.3) is 0 Å². The predicted molar refractivity (Wildman–Crippen MR) is 442 cm³/mol. The molecule has 2 heteroatoms. The van der Waals surface area contributed by atoms with Crippen molar-refractivity contribution in [2.45, 2.75) is 51.4 Å². The number of nitrogens with zero attached hydrogens (tertiary/aromatic N) is 2. The van der Waals surface area contributed by atoms with Gasteiger partial charge in [0.05, 0.1) is 22.4 Å². The van der Waals surface area contributed by atoms with Crippen molar-refractivity contribution in [1.82, 2.24) is 9.97 Å². The minimum absolute atomic E-state index is 0.154. The third kappa shape index (κ3) is 8.94. The van der Waals surface area contributed by atoms with Crippen LogP contribution in [-0.4, -0.2) is 9.97 Å². The van der Waals surface area contributed by atoms with E-state index in [1.165, 1.54) is 198 Å². The second-order valence-electron chi connectivity index (χ2n) is 30.0. The monoisotopic (exact) mass is 1320 g/mol. The number of rotatable bonds is 6. The highest BCUT2D eigenvalue weighted by Crippen LogP contribution is 2.56. The summed E-state index contributed by atoms with van der Waals surface area (Å²) < 4.78 is 0. The lowest BCUT2D eigenvalue weighted by Crippen LogP contribution is -2.16. The first-order valence-electron chi connectivity index (χ1n) is 36.7. The van der Waals surface area contributed by atoms with Gasteiger partial charge < -0.3 is 0 Å². The third-order valence-corrected chi connectivity index (χ3v) is 23.7. The lowest BCUT2D eigenvalue weighted by Gasteiger charge is -2.25. The van der Waals surface area contributed by atoms with Crippen molar-refractivity contribution in [3.05, 3.63) is 360 Å². The molecule has 488 valence electrons. The molecule has 2 nitrogen and oxygen atoms in total. The van der Waals surface area contributed by atoms with E-state index < -0.39 is 0 Å². The van der Waals surface area contributed by atoms with E-state index >= 15 is 0 Å². The summed E-state index contributed by atoms with van der Waals surface area (Å²) in [5, 5.41) is 18.1. The first kappa shape index (κ1) is 60.2. The lowest BCUT2D eigenvalue weighted by molar-refractivity contribution is 0.661. The van der Waals surface area contributed by atoms with Gasteiger partial charge in [-0.25, -0.2) is 9.97 Å². The quantitative estimate of drug-likeness (QED) is 0.155. The van der Waals surface area contributed by atoms with Crippen LogP contribution in [-0.2, 0) is 17.3 Å². The molecule has 104 heavy (non-hydrogen) atoms. The molecule has 0 amide bonds. The molecule has 2 aromatic heterocycles. The normalized spacial score (nSPS) is 14.1. The summed E-state index contributed by atoms with van der Waals surface area (Å²) >= 11 is 0. The summed E-state index contributed by atoms with van der Waals surface area (Å²) in [5.74, 6) is 0. The van der Waals surface area contributed by atoms with Crippen LogP contribution in [0.1, 0.15) is 73.1 Å². The molecule has 16 aromatic carbocycles. The van der Waals surface area contributed by atoms with E-state index in [4.69, 9.17) is 9.97 Å². The van der Waals surface area contributed by atoms with Gasteiger partial charge in [-0.15, -0.1) is 0 Å². The van der Waals surface area contributed by atoms with Gasteiger partial charge in [0.1, 0.15) is 0 Å². The van der Waals surface area contributed by atoms with Crippen molar-refractivity contribution < 1.29 is 0 Å². The summed E-state index contributed by atoms with van der Waals surface area (Å²) in [7, 11) is 0. The Balaban J connectivity index is 0.000000134. The van der Waals surface area contributed by atoms with Gasteiger partial charge >= 0.3 is 0 Å². The topological polar surface area (TPSA) is 25.8 Å². The minimum Gasteiger partial charge on any atom is -0.247 e. The maximum atomic E-state index is 5.26. The predicted octanol–water partition coefficient (Wildman–Crippen LogP) is 27.4. The van der Waals surface area contributed by atoms with Crippen LogP contribution >= 0.6 is 0 Å². The van der Waals surface area contributed by atoms with E-state index in [9.17, 15) is 0 Å². The van der Waals surface area contributed by atoms with Crippen molar-refractivity contribution >= 4 is 98.1 Å². The van der Waals surface area contributed by atoms with E-state index in [-0.39, 0.29) is 10.8 Å². The van der Waals surface area contributed by atoms with Gasteiger partial charge in [0.2, 0.25) is 0 Å². The van der Waals surface area contributed by atoms with Gasteiger partial charge in [-0.2, -0.15) is 0 Å². The minimum atomic E-state index is -0.162. The van der Waals surface area contributed by atoms with E-state index in [2.05, 4.69) is 355 Å². The SMILES string of the molecule is CC1(C)c2ccccc2-c2nc3ccccc3c(-c3ccc(-c4ccc(-c5ccc6c7ccccc7c7ccccc7c6c5)c5ccccc45)cc3)c21.CC1(C)c2ccccc2-c2nc3ccccc3c(-c3ccc(-c4ccc(-c5ccc6ccc7c8c6c5CC=C8CC=C7)c5ccccc45)cc3)c21. The third-order valence-electron chi connectivity index (χ3n) is 23.7. The van der Waals surface area contributed by atoms with Crippen LogP contribution in [0.5, 0.6) is 0 Å². The molecule has 18 aromatic rings. The molecule has 22 rings (SSSR count). The van der Waals surface area contributed by atoms with Crippen LogP contribution in [0, 0.1) is 0 Å². The summed E-state index contributed by atoms with van der Waals surface area (Å²) in [6.45, 7) is 9.40. The highest BCUT2D eigenvalue weighted by Gasteiger charge is 2.41. The molecule has 0 N–H and O–H groups in total. The molecule has 0 atom stereocenters. The fraction of sp³-hybridized carbons (Fsp3) is 0.0784. The molecule has 2 heterocycles. The molecule has 0 saturated heterocycles. The first-order valence-corrected chi connectivity index (χ1v) is 36.7. The standard InChI is InChI=1S/C52H35N.C50H35N/c1-52(2)47-21-11-9-19-44(47)51-50(52)49(45-20-10-12-22-48(45)53-51)33-25-23-32(24-26-33)35-29-30-36(38-14-4-3-13-37(35)38)34-27-28-43-41-17-6-5-15-39(41)40-16-7-8-18-42(40)46(43)31-34;1-50(2)43-16-7-5-14-41(43)49-48(50)47(42-15-6-8-17-44(42)51-49)34-20-18-30(19-21-34)35-28-29-38(37-13-4-3-12-36(35)37)39-26-24-33-23-22-31-10-9-11-32-25-27-40(39)46(33)45(31)32/h3-31H,1-2H3;3-10,12-26,28-29H,11,27H2,1-2H3. The molecule has 4 aliphatic carbocycles.